The van der Waals surface area contributed by atoms with Crippen LogP contribution in [0.25, 0.3) is 0 Å². The van der Waals surface area contributed by atoms with Gasteiger partial charge < -0.3 is 5.32 Å². The van der Waals surface area contributed by atoms with E-state index in [4.69, 9.17) is 11.6 Å². The molecule has 0 aromatic carbocycles. The van der Waals surface area contributed by atoms with Gasteiger partial charge in [-0.3, -0.25) is 9.48 Å². The molecule has 1 aliphatic rings. The molecule has 4 nitrogen and oxygen atoms in total. The predicted octanol–water partition coefficient (Wildman–Crippen LogP) is 2.83. The molecule has 1 unspecified atom stereocenters. The second kappa shape index (κ2) is 5.02. The van der Waals surface area contributed by atoms with E-state index in [2.05, 4.69) is 10.4 Å². The summed E-state index contributed by atoms with van der Waals surface area (Å²) < 4.78 is 1.71. The second-order valence-electron chi connectivity index (χ2n) is 5.42. The molecule has 0 spiro atoms. The number of ketones is 1. The highest BCUT2D eigenvalue weighted by atomic mass is 35.5. The first-order valence-corrected chi connectivity index (χ1v) is 6.86. The van der Waals surface area contributed by atoms with E-state index < -0.39 is 5.54 Å². The van der Waals surface area contributed by atoms with Gasteiger partial charge in [0.05, 0.1) is 16.8 Å². The average Bonchev–Trinajstić information content (AvgIpc) is 2.71. The van der Waals surface area contributed by atoms with Crippen LogP contribution in [0.1, 0.15) is 56.6 Å². The van der Waals surface area contributed by atoms with Crippen LogP contribution in [0, 0.1) is 0 Å². The van der Waals surface area contributed by atoms with Gasteiger partial charge in [-0.1, -0.05) is 11.6 Å². The smallest absolute Gasteiger partial charge is 0.202 e. The van der Waals surface area contributed by atoms with Crippen LogP contribution in [-0.2, 0) is 0 Å². The number of aromatic nitrogens is 2. The van der Waals surface area contributed by atoms with Crippen molar-refractivity contribution in [3.05, 3.63) is 16.9 Å². The molecule has 2 rings (SSSR count). The van der Waals surface area contributed by atoms with Gasteiger partial charge in [0.25, 0.3) is 0 Å². The van der Waals surface area contributed by atoms with Crippen molar-refractivity contribution in [2.75, 3.05) is 6.54 Å². The Balaban J connectivity index is 2.36. The highest BCUT2D eigenvalue weighted by Crippen LogP contribution is 2.28. The van der Waals surface area contributed by atoms with Crippen LogP contribution < -0.4 is 5.32 Å². The first-order chi connectivity index (χ1) is 8.46. The Kier molecular flexibility index (Phi) is 3.78. The lowest BCUT2D eigenvalue weighted by atomic mass is 9.85. The van der Waals surface area contributed by atoms with E-state index in [1.54, 1.807) is 10.9 Å². The predicted molar refractivity (Wildman–Crippen MR) is 72.2 cm³/mol. The number of nitrogens with one attached hydrogen (secondary N) is 1. The summed E-state index contributed by atoms with van der Waals surface area (Å²) in [6.45, 7) is 6.84. The summed E-state index contributed by atoms with van der Waals surface area (Å²) in [4.78, 5) is 12.7. The van der Waals surface area contributed by atoms with Crippen LogP contribution in [0.4, 0.5) is 0 Å². The van der Waals surface area contributed by atoms with Crippen molar-refractivity contribution >= 4 is 17.4 Å². The van der Waals surface area contributed by atoms with Gasteiger partial charge >= 0.3 is 0 Å². The molecule has 1 aromatic heterocycles. The number of hydrogen-bond donors (Lipinski definition) is 1. The number of rotatable bonds is 3. The molecule has 0 saturated carbocycles. The summed E-state index contributed by atoms with van der Waals surface area (Å²) in [6, 6.07) is 0.128. The number of hydrogen-bond acceptors (Lipinski definition) is 3. The number of halogens is 1. The summed E-state index contributed by atoms with van der Waals surface area (Å²) in [5, 5.41) is 7.97. The van der Waals surface area contributed by atoms with E-state index in [1.807, 2.05) is 20.8 Å². The van der Waals surface area contributed by atoms with Crippen LogP contribution in [0.3, 0.4) is 0 Å². The van der Waals surface area contributed by atoms with Gasteiger partial charge in [-0.2, -0.15) is 5.10 Å². The summed E-state index contributed by atoms with van der Waals surface area (Å²) in [5.41, 5.74) is 0.0257. The Morgan fingerprint density at radius 3 is 2.83 bits per heavy atom. The average molecular weight is 270 g/mol. The monoisotopic (exact) mass is 269 g/mol. The number of carbonyl (C=O) groups excluding carboxylic acids is 1. The Hall–Kier alpha value is -0.870. The highest BCUT2D eigenvalue weighted by molar-refractivity contribution is 6.34. The van der Waals surface area contributed by atoms with Gasteiger partial charge in [0.1, 0.15) is 5.69 Å². The molecule has 5 heteroatoms. The van der Waals surface area contributed by atoms with Crippen LogP contribution in [0.15, 0.2) is 6.20 Å². The van der Waals surface area contributed by atoms with Crippen molar-refractivity contribution in [2.24, 2.45) is 0 Å². The minimum Gasteiger partial charge on any atom is -0.305 e. The Morgan fingerprint density at radius 1 is 1.56 bits per heavy atom. The van der Waals surface area contributed by atoms with Crippen molar-refractivity contribution < 1.29 is 4.79 Å². The van der Waals surface area contributed by atoms with Gasteiger partial charge in [0.15, 0.2) is 0 Å². The van der Waals surface area contributed by atoms with E-state index in [1.165, 1.54) is 0 Å². The SMILES string of the molecule is CC(C)n1ncc(Cl)c1C(=O)C1(C)CCCCN1. The van der Waals surface area contributed by atoms with Crippen LogP contribution in [0.2, 0.25) is 5.02 Å². The van der Waals surface area contributed by atoms with Crippen LogP contribution >= 0.6 is 11.6 Å². The summed E-state index contributed by atoms with van der Waals surface area (Å²) in [5.74, 6) is 0.0541. The lowest BCUT2D eigenvalue weighted by molar-refractivity contribution is 0.0821. The first kappa shape index (κ1) is 13.6. The van der Waals surface area contributed by atoms with E-state index in [9.17, 15) is 4.79 Å². The summed E-state index contributed by atoms with van der Waals surface area (Å²) in [7, 11) is 0. The molecule has 0 radical (unpaired) electrons. The maximum absolute atomic E-state index is 12.7. The zero-order chi connectivity index (χ0) is 13.3. The van der Waals surface area contributed by atoms with Gasteiger partial charge in [0, 0.05) is 6.04 Å². The Bertz CT molecular complexity index is 447. The maximum Gasteiger partial charge on any atom is 0.202 e. The minimum absolute atomic E-state index is 0.0541. The zero-order valence-corrected chi connectivity index (χ0v) is 11.9. The van der Waals surface area contributed by atoms with Crippen molar-refractivity contribution in [3.8, 4) is 0 Å². The fourth-order valence-electron chi connectivity index (χ4n) is 2.46. The molecule has 18 heavy (non-hydrogen) atoms. The Morgan fingerprint density at radius 2 is 2.28 bits per heavy atom. The fraction of sp³-hybridized carbons (Fsp3) is 0.692. The quantitative estimate of drug-likeness (QED) is 0.859. The van der Waals surface area contributed by atoms with E-state index in [0.717, 1.165) is 25.8 Å². The lowest BCUT2D eigenvalue weighted by Gasteiger charge is -2.33. The van der Waals surface area contributed by atoms with Crippen molar-refractivity contribution in [3.63, 3.8) is 0 Å². The fourth-order valence-corrected chi connectivity index (χ4v) is 2.67. The first-order valence-electron chi connectivity index (χ1n) is 6.48. The van der Waals surface area contributed by atoms with Crippen molar-refractivity contribution in [1.29, 1.82) is 0 Å². The standard InChI is InChI=1S/C13H20ClN3O/c1-9(2)17-11(10(14)8-16-17)12(18)13(3)6-4-5-7-15-13/h8-9,15H,4-7H2,1-3H3. The normalized spacial score (nSPS) is 24.5. The van der Waals surface area contributed by atoms with E-state index in [-0.39, 0.29) is 11.8 Å². The van der Waals surface area contributed by atoms with Gasteiger partial charge in [-0.15, -0.1) is 0 Å². The topological polar surface area (TPSA) is 46.9 Å². The number of piperidine rings is 1. The molecule has 0 bridgehead atoms. The third kappa shape index (κ3) is 2.31. The largest absolute Gasteiger partial charge is 0.305 e. The van der Waals surface area contributed by atoms with Crippen molar-refractivity contribution in [2.45, 2.75) is 51.6 Å². The number of carbonyl (C=O) groups is 1. The minimum atomic E-state index is -0.505. The molecule has 2 heterocycles. The molecule has 0 aliphatic carbocycles. The zero-order valence-electron chi connectivity index (χ0n) is 11.2. The van der Waals surface area contributed by atoms with Crippen LogP contribution in [0.5, 0.6) is 0 Å². The number of nitrogens with zero attached hydrogens (tertiary/aromatic N) is 2. The van der Waals surface area contributed by atoms with Gasteiger partial charge in [-0.25, -0.2) is 0 Å². The molecule has 1 atom stereocenters. The Labute approximate surface area is 113 Å². The third-order valence-corrected chi connectivity index (χ3v) is 3.85. The molecular formula is C13H20ClN3O. The van der Waals surface area contributed by atoms with Gasteiger partial charge in [0.2, 0.25) is 5.78 Å². The van der Waals surface area contributed by atoms with E-state index in [0.29, 0.717) is 10.7 Å². The van der Waals surface area contributed by atoms with Crippen LogP contribution in [-0.4, -0.2) is 27.6 Å². The summed E-state index contributed by atoms with van der Waals surface area (Å²) in [6.07, 6.45) is 4.61. The molecule has 1 aromatic rings. The van der Waals surface area contributed by atoms with Crippen molar-refractivity contribution in [1.82, 2.24) is 15.1 Å². The molecule has 100 valence electrons. The molecule has 1 saturated heterocycles. The van der Waals surface area contributed by atoms with E-state index >= 15 is 0 Å². The molecule has 0 amide bonds. The third-order valence-electron chi connectivity index (χ3n) is 3.57. The molecule has 1 aliphatic heterocycles. The lowest BCUT2D eigenvalue weighted by Crippen LogP contribution is -2.52. The second-order valence-corrected chi connectivity index (χ2v) is 5.83. The maximum atomic E-state index is 12.7. The highest BCUT2D eigenvalue weighted by Gasteiger charge is 2.38. The summed E-state index contributed by atoms with van der Waals surface area (Å²) >= 11 is 6.13. The molecular weight excluding hydrogens is 250 g/mol. The molecule has 1 N–H and O–H groups in total. The molecule has 1 fully saturated rings. The van der Waals surface area contributed by atoms with Gasteiger partial charge in [-0.05, 0) is 46.6 Å². The number of Topliss-reactive ketones (excluding diaryl/α,β-unsaturated/α-hetero) is 1.